The lowest BCUT2D eigenvalue weighted by atomic mass is 10.1. The van der Waals surface area contributed by atoms with Crippen LogP contribution in [0.3, 0.4) is 0 Å². The summed E-state index contributed by atoms with van der Waals surface area (Å²) in [5.74, 6) is -0.664. The predicted octanol–water partition coefficient (Wildman–Crippen LogP) is 4.29. The number of pyridine rings is 1. The number of hydrogen-bond acceptors (Lipinski definition) is 2. The Balaban J connectivity index is 1.95. The average molecular weight is 360 g/mol. The number of aromatic nitrogens is 1. The number of nitrogens with zero attached hydrogens (tertiary/aromatic N) is 1. The Morgan fingerprint density at radius 3 is 2.35 bits per heavy atom. The molecule has 3 rings (SSSR count). The Kier molecular flexibility index (Phi) is 4.54. The number of aryl methyl sites for hydroxylation is 1. The second kappa shape index (κ2) is 6.67. The van der Waals surface area contributed by atoms with Gasteiger partial charge in [0, 0.05) is 23.8 Å². The molecule has 0 unspecified atom stereocenters. The molecule has 0 aliphatic carbocycles. The van der Waals surface area contributed by atoms with E-state index in [1.807, 2.05) is 6.92 Å². The molecule has 0 spiro atoms. The Morgan fingerprint density at radius 1 is 1.08 bits per heavy atom. The van der Waals surface area contributed by atoms with Gasteiger partial charge < -0.3 is 9.88 Å². The first-order chi connectivity index (χ1) is 12.3. The monoisotopic (exact) mass is 360 g/mol. The number of halogens is 3. The van der Waals surface area contributed by atoms with E-state index in [4.69, 9.17) is 0 Å². The summed E-state index contributed by atoms with van der Waals surface area (Å²) in [6, 6.07) is 11.0. The number of alkyl halides is 3. The summed E-state index contributed by atoms with van der Waals surface area (Å²) in [5.41, 5.74) is -0.403. The molecule has 4 nitrogen and oxygen atoms in total. The number of benzene rings is 2. The number of hydrogen-bond donors (Lipinski definition) is 1. The van der Waals surface area contributed by atoms with Crippen molar-refractivity contribution in [3.8, 4) is 0 Å². The first kappa shape index (κ1) is 17.7. The van der Waals surface area contributed by atoms with E-state index in [2.05, 4.69) is 5.32 Å². The number of rotatable bonds is 3. The fourth-order valence-electron chi connectivity index (χ4n) is 2.71. The highest BCUT2D eigenvalue weighted by Crippen LogP contribution is 2.29. The van der Waals surface area contributed by atoms with E-state index >= 15 is 0 Å². The van der Waals surface area contributed by atoms with E-state index in [1.165, 1.54) is 6.20 Å². The van der Waals surface area contributed by atoms with Crippen molar-refractivity contribution in [2.45, 2.75) is 19.6 Å². The number of carbonyl (C=O) groups excluding carboxylic acids is 1. The molecule has 0 fully saturated rings. The number of para-hydroxylation sites is 1. The Hall–Kier alpha value is -3.09. The first-order valence-corrected chi connectivity index (χ1v) is 7.92. The van der Waals surface area contributed by atoms with Crippen LogP contribution < -0.4 is 10.7 Å². The summed E-state index contributed by atoms with van der Waals surface area (Å²) < 4.78 is 39.6. The molecule has 7 heteroatoms. The van der Waals surface area contributed by atoms with Crippen molar-refractivity contribution in [3.63, 3.8) is 0 Å². The lowest BCUT2D eigenvalue weighted by Gasteiger charge is -2.12. The summed E-state index contributed by atoms with van der Waals surface area (Å²) in [6.07, 6.45) is -2.99. The van der Waals surface area contributed by atoms with Crippen LogP contribution in [0.1, 0.15) is 22.8 Å². The summed E-state index contributed by atoms with van der Waals surface area (Å²) in [6.45, 7) is 2.44. The van der Waals surface area contributed by atoms with E-state index in [0.717, 1.165) is 24.3 Å². The molecule has 3 aromatic rings. The van der Waals surface area contributed by atoms with Crippen molar-refractivity contribution in [2.24, 2.45) is 0 Å². The van der Waals surface area contributed by atoms with Crippen molar-refractivity contribution in [1.82, 2.24) is 4.57 Å². The van der Waals surface area contributed by atoms with Gasteiger partial charge in [0.15, 0.2) is 0 Å². The maximum absolute atomic E-state index is 12.6. The van der Waals surface area contributed by atoms with Crippen LogP contribution in [0.4, 0.5) is 18.9 Å². The minimum atomic E-state index is -4.45. The summed E-state index contributed by atoms with van der Waals surface area (Å²) in [7, 11) is 0. The molecule has 26 heavy (non-hydrogen) atoms. The maximum atomic E-state index is 12.6. The zero-order chi connectivity index (χ0) is 18.9. The van der Waals surface area contributed by atoms with Crippen LogP contribution in [0.2, 0.25) is 0 Å². The minimum Gasteiger partial charge on any atom is -0.347 e. The van der Waals surface area contributed by atoms with Gasteiger partial charge in [-0.15, -0.1) is 0 Å². The minimum absolute atomic E-state index is 0.0644. The molecule has 1 aromatic heterocycles. The Bertz CT molecular complexity index is 1020. The molecule has 0 saturated heterocycles. The van der Waals surface area contributed by atoms with Gasteiger partial charge >= 0.3 is 6.18 Å². The van der Waals surface area contributed by atoms with Crippen LogP contribution in [0.15, 0.2) is 59.5 Å². The van der Waals surface area contributed by atoms with Crippen LogP contribution in [0.5, 0.6) is 0 Å². The predicted molar refractivity (Wildman–Crippen MR) is 93.3 cm³/mol. The van der Waals surface area contributed by atoms with E-state index < -0.39 is 23.1 Å². The Morgan fingerprint density at radius 2 is 1.73 bits per heavy atom. The second-order valence-corrected chi connectivity index (χ2v) is 5.70. The first-order valence-electron chi connectivity index (χ1n) is 7.92. The molecule has 0 aliphatic heterocycles. The molecule has 0 atom stereocenters. The van der Waals surface area contributed by atoms with Gasteiger partial charge in [0.25, 0.3) is 5.91 Å². The molecule has 134 valence electrons. The summed E-state index contributed by atoms with van der Waals surface area (Å²) >= 11 is 0. The van der Waals surface area contributed by atoms with Gasteiger partial charge in [0.05, 0.1) is 11.1 Å². The van der Waals surface area contributed by atoms with Crippen molar-refractivity contribution >= 4 is 22.5 Å². The second-order valence-electron chi connectivity index (χ2n) is 5.70. The van der Waals surface area contributed by atoms with E-state index in [9.17, 15) is 22.8 Å². The van der Waals surface area contributed by atoms with Gasteiger partial charge in [-0.1, -0.05) is 12.1 Å². The Labute approximate surface area is 146 Å². The van der Waals surface area contributed by atoms with Gasteiger partial charge in [-0.2, -0.15) is 13.2 Å². The molecular formula is C19H15F3N2O2. The van der Waals surface area contributed by atoms with Crippen LogP contribution >= 0.6 is 0 Å². The van der Waals surface area contributed by atoms with E-state index in [0.29, 0.717) is 17.4 Å². The van der Waals surface area contributed by atoms with E-state index in [1.54, 1.807) is 28.8 Å². The highest BCUT2D eigenvalue weighted by molar-refractivity contribution is 6.05. The highest BCUT2D eigenvalue weighted by atomic mass is 19.4. The lowest BCUT2D eigenvalue weighted by molar-refractivity contribution is -0.137. The SMILES string of the molecule is CCn1cc(C(=O)Nc2ccc(C(F)(F)F)cc2)c(=O)c2ccccc21. The van der Waals surface area contributed by atoms with Crippen molar-refractivity contribution in [1.29, 1.82) is 0 Å². The van der Waals surface area contributed by atoms with Gasteiger partial charge in [-0.05, 0) is 43.3 Å². The number of anilines is 1. The van der Waals surface area contributed by atoms with Crippen LogP contribution in [0.25, 0.3) is 10.9 Å². The van der Waals surface area contributed by atoms with Gasteiger partial charge in [0.2, 0.25) is 5.43 Å². The molecular weight excluding hydrogens is 345 g/mol. The largest absolute Gasteiger partial charge is 0.416 e. The average Bonchev–Trinajstić information content (AvgIpc) is 2.62. The van der Waals surface area contributed by atoms with E-state index in [-0.39, 0.29) is 11.3 Å². The maximum Gasteiger partial charge on any atom is 0.416 e. The fourth-order valence-corrected chi connectivity index (χ4v) is 2.71. The summed E-state index contributed by atoms with van der Waals surface area (Å²) in [5, 5.41) is 2.89. The quantitative estimate of drug-likeness (QED) is 0.757. The third-order valence-corrected chi connectivity index (χ3v) is 4.04. The number of nitrogens with one attached hydrogen (secondary N) is 1. The molecule has 2 aromatic carbocycles. The van der Waals surface area contributed by atoms with Crippen LogP contribution in [-0.2, 0) is 12.7 Å². The van der Waals surface area contributed by atoms with Crippen LogP contribution in [-0.4, -0.2) is 10.5 Å². The molecule has 1 amide bonds. The number of fused-ring (bicyclic) bond motifs is 1. The zero-order valence-electron chi connectivity index (χ0n) is 13.8. The van der Waals surface area contributed by atoms with Gasteiger partial charge in [-0.3, -0.25) is 9.59 Å². The van der Waals surface area contributed by atoms with Crippen molar-refractivity contribution < 1.29 is 18.0 Å². The van der Waals surface area contributed by atoms with Gasteiger partial charge in [0.1, 0.15) is 5.56 Å². The highest BCUT2D eigenvalue weighted by Gasteiger charge is 2.30. The molecule has 1 heterocycles. The molecule has 0 radical (unpaired) electrons. The smallest absolute Gasteiger partial charge is 0.347 e. The topological polar surface area (TPSA) is 51.1 Å². The van der Waals surface area contributed by atoms with Crippen LogP contribution in [0, 0.1) is 0 Å². The lowest BCUT2D eigenvalue weighted by Crippen LogP contribution is -2.23. The molecule has 0 saturated carbocycles. The third-order valence-electron chi connectivity index (χ3n) is 4.04. The van der Waals surface area contributed by atoms with Crippen molar-refractivity contribution in [3.05, 3.63) is 76.1 Å². The standard InChI is InChI=1S/C19H15F3N2O2/c1-2-24-11-15(17(25)14-5-3-4-6-16(14)24)18(26)23-13-9-7-12(8-10-13)19(20,21)22/h3-11H,2H2,1H3,(H,23,26). The van der Waals surface area contributed by atoms with Crippen molar-refractivity contribution in [2.75, 3.05) is 5.32 Å². The molecule has 0 aliphatic rings. The molecule has 1 N–H and O–H groups in total. The van der Waals surface area contributed by atoms with Gasteiger partial charge in [-0.25, -0.2) is 0 Å². The molecule has 0 bridgehead atoms. The number of carbonyl (C=O) groups is 1. The normalized spacial score (nSPS) is 11.5. The zero-order valence-corrected chi connectivity index (χ0v) is 13.8. The summed E-state index contributed by atoms with van der Waals surface area (Å²) in [4.78, 5) is 25.1. The fraction of sp³-hybridized carbons (Fsp3) is 0.158. The number of amides is 1. The third kappa shape index (κ3) is 3.33.